The molecule has 1 fully saturated rings. The minimum atomic E-state index is -1.01. The van der Waals surface area contributed by atoms with Crippen molar-refractivity contribution in [3.8, 4) is 0 Å². The lowest BCUT2D eigenvalue weighted by atomic mass is 10.1. The Morgan fingerprint density at radius 1 is 1.79 bits per heavy atom. The molecular weight excluding hydrogens is 189 g/mol. The highest BCUT2D eigenvalue weighted by molar-refractivity contribution is 6.02. The van der Waals surface area contributed by atoms with Crippen molar-refractivity contribution in [1.29, 1.82) is 5.41 Å². The summed E-state index contributed by atoms with van der Waals surface area (Å²) >= 11 is 0. The van der Waals surface area contributed by atoms with Crippen LogP contribution in [-0.2, 0) is 4.74 Å². The van der Waals surface area contributed by atoms with Gasteiger partial charge in [0.25, 0.3) is 0 Å². The number of halogens is 1. The van der Waals surface area contributed by atoms with E-state index in [1.54, 1.807) is 13.8 Å². The van der Waals surface area contributed by atoms with E-state index in [2.05, 4.69) is 0 Å². The Morgan fingerprint density at radius 2 is 2.36 bits per heavy atom. The summed E-state index contributed by atoms with van der Waals surface area (Å²) in [5.74, 6) is -1.32. The van der Waals surface area contributed by atoms with Gasteiger partial charge < -0.3 is 10.5 Å². The van der Waals surface area contributed by atoms with Crippen LogP contribution in [0.5, 0.6) is 0 Å². The maximum Gasteiger partial charge on any atom is 0.416 e. The number of carbonyl (C=O) groups excluding carboxylic acids is 1. The van der Waals surface area contributed by atoms with Crippen LogP contribution in [0.3, 0.4) is 0 Å². The van der Waals surface area contributed by atoms with E-state index in [0.29, 0.717) is 0 Å². The van der Waals surface area contributed by atoms with Gasteiger partial charge in [-0.25, -0.2) is 4.79 Å². The van der Waals surface area contributed by atoms with E-state index in [-0.39, 0.29) is 12.4 Å². The molecule has 3 N–H and O–H groups in total. The van der Waals surface area contributed by atoms with E-state index < -0.39 is 17.6 Å². The first-order valence-electron chi connectivity index (χ1n) is 4.03. The quantitative estimate of drug-likeness (QED) is 0.377. The van der Waals surface area contributed by atoms with Crippen LogP contribution < -0.4 is 5.73 Å². The largest absolute Gasteiger partial charge is 0.447 e. The molecule has 0 atom stereocenters. The number of amidine groups is 1. The third-order valence-corrected chi connectivity index (χ3v) is 1.85. The summed E-state index contributed by atoms with van der Waals surface area (Å²) in [6.45, 7) is 3.61. The fourth-order valence-electron chi connectivity index (χ4n) is 1.23. The summed E-state index contributed by atoms with van der Waals surface area (Å²) in [7, 11) is 0. The third-order valence-electron chi connectivity index (χ3n) is 1.85. The fraction of sp³-hybridized carbons (Fsp3) is 0.500. The molecule has 6 heteroatoms. The Bertz CT molecular complexity index is 308. The van der Waals surface area contributed by atoms with Crippen molar-refractivity contribution >= 4 is 11.9 Å². The van der Waals surface area contributed by atoms with Crippen LogP contribution in [0.25, 0.3) is 0 Å². The van der Waals surface area contributed by atoms with Crippen molar-refractivity contribution in [3.05, 3.63) is 12.0 Å². The average molecular weight is 201 g/mol. The second-order valence-corrected chi connectivity index (χ2v) is 3.62. The van der Waals surface area contributed by atoms with Gasteiger partial charge in [-0.15, -0.1) is 0 Å². The van der Waals surface area contributed by atoms with Crippen LogP contribution in [0.2, 0.25) is 0 Å². The Morgan fingerprint density at radius 3 is 2.71 bits per heavy atom. The summed E-state index contributed by atoms with van der Waals surface area (Å²) in [6.07, 6.45) is 0.117. The molecule has 0 unspecified atom stereocenters. The monoisotopic (exact) mass is 201 g/mol. The number of nitrogens with one attached hydrogen (secondary N) is 1. The lowest BCUT2D eigenvalue weighted by molar-refractivity contribution is 0.168. The maximum absolute atomic E-state index is 12.3. The van der Waals surface area contributed by atoms with E-state index in [9.17, 15) is 9.18 Å². The molecule has 1 rings (SSSR count). The molecule has 78 valence electrons. The predicted octanol–water partition coefficient (Wildman–Crippen LogP) is 0.964. The lowest BCUT2D eigenvalue weighted by Crippen LogP contribution is -2.45. The van der Waals surface area contributed by atoms with Gasteiger partial charge in [-0.05, 0) is 13.8 Å². The van der Waals surface area contributed by atoms with Crippen LogP contribution in [0.1, 0.15) is 13.8 Å². The van der Waals surface area contributed by atoms with Crippen LogP contribution in [-0.4, -0.2) is 29.0 Å². The number of hydrogen-bond donors (Lipinski definition) is 2. The van der Waals surface area contributed by atoms with E-state index in [1.165, 1.54) is 0 Å². The first-order chi connectivity index (χ1) is 6.34. The average Bonchev–Trinajstić information content (AvgIpc) is 2.24. The summed E-state index contributed by atoms with van der Waals surface area (Å²) in [4.78, 5) is 12.2. The van der Waals surface area contributed by atoms with Crippen molar-refractivity contribution in [2.24, 2.45) is 5.73 Å². The summed E-state index contributed by atoms with van der Waals surface area (Å²) in [6, 6.07) is 0. The Kier molecular flexibility index (Phi) is 2.46. The highest BCUT2D eigenvalue weighted by Gasteiger charge is 2.41. The first-order valence-corrected chi connectivity index (χ1v) is 4.03. The molecule has 1 heterocycles. The van der Waals surface area contributed by atoms with Crippen LogP contribution in [0.15, 0.2) is 12.0 Å². The Hall–Kier alpha value is -1.59. The summed E-state index contributed by atoms with van der Waals surface area (Å²) in [5, 5.41) is 7.43. The summed E-state index contributed by atoms with van der Waals surface area (Å²) < 4.78 is 17.0. The molecule has 0 spiro atoms. The van der Waals surface area contributed by atoms with Gasteiger partial charge in [0.15, 0.2) is 5.95 Å². The van der Waals surface area contributed by atoms with E-state index in [1.807, 2.05) is 0 Å². The minimum Gasteiger partial charge on any atom is -0.447 e. The van der Waals surface area contributed by atoms with Crippen molar-refractivity contribution in [1.82, 2.24) is 4.90 Å². The van der Waals surface area contributed by atoms with Gasteiger partial charge in [0.2, 0.25) is 0 Å². The zero-order valence-electron chi connectivity index (χ0n) is 8.00. The zero-order chi connectivity index (χ0) is 10.9. The normalized spacial score (nSPS) is 20.9. The van der Waals surface area contributed by atoms with Crippen LogP contribution in [0, 0.1) is 5.41 Å². The molecule has 0 aromatic rings. The second kappa shape index (κ2) is 3.28. The highest BCUT2D eigenvalue weighted by atomic mass is 19.1. The smallest absolute Gasteiger partial charge is 0.416 e. The third kappa shape index (κ3) is 1.84. The molecule has 5 nitrogen and oxygen atoms in total. The molecule has 0 saturated carbocycles. The van der Waals surface area contributed by atoms with Crippen molar-refractivity contribution in [2.75, 3.05) is 6.61 Å². The van der Waals surface area contributed by atoms with Gasteiger partial charge in [-0.2, -0.15) is 4.39 Å². The number of nitrogens with zero attached hydrogens (tertiary/aromatic N) is 1. The van der Waals surface area contributed by atoms with Gasteiger partial charge in [0.1, 0.15) is 12.4 Å². The topological polar surface area (TPSA) is 79.4 Å². The second-order valence-electron chi connectivity index (χ2n) is 3.62. The molecule has 0 aromatic carbocycles. The van der Waals surface area contributed by atoms with Gasteiger partial charge in [-0.1, -0.05) is 0 Å². The molecule has 0 aliphatic carbocycles. The van der Waals surface area contributed by atoms with Gasteiger partial charge in [0, 0.05) is 6.08 Å². The molecule has 1 amide bonds. The zero-order valence-corrected chi connectivity index (χ0v) is 8.00. The number of rotatable bonds is 1. The number of nitrogens with two attached hydrogens (primary N) is 1. The molecule has 1 aliphatic rings. The summed E-state index contributed by atoms with van der Waals surface area (Å²) in [5.41, 5.74) is 4.13. The molecule has 14 heavy (non-hydrogen) atoms. The number of hydrogen-bond acceptors (Lipinski definition) is 4. The van der Waals surface area contributed by atoms with Crippen molar-refractivity contribution < 1.29 is 13.9 Å². The Labute approximate surface area is 80.8 Å². The van der Waals surface area contributed by atoms with Crippen molar-refractivity contribution in [2.45, 2.75) is 19.4 Å². The number of amides is 1. The molecule has 0 bridgehead atoms. The maximum atomic E-state index is 12.3. The number of cyclic esters (lactones) is 1. The van der Waals surface area contributed by atoms with Gasteiger partial charge in [0.05, 0.1) is 5.54 Å². The fourth-order valence-corrected chi connectivity index (χ4v) is 1.23. The molecule has 0 radical (unpaired) electrons. The lowest BCUT2D eigenvalue weighted by Gasteiger charge is -2.26. The Balaban J connectivity index is 2.91. The number of carbonyl (C=O) groups is 1. The van der Waals surface area contributed by atoms with Crippen LogP contribution >= 0.6 is 0 Å². The van der Waals surface area contributed by atoms with E-state index >= 15 is 0 Å². The highest BCUT2D eigenvalue weighted by Crippen LogP contribution is 2.23. The van der Waals surface area contributed by atoms with E-state index in [4.69, 9.17) is 15.9 Å². The van der Waals surface area contributed by atoms with Gasteiger partial charge in [-0.3, -0.25) is 10.3 Å². The molecule has 1 aliphatic heterocycles. The van der Waals surface area contributed by atoms with Crippen molar-refractivity contribution in [3.63, 3.8) is 0 Å². The minimum absolute atomic E-state index is 0.175. The first kappa shape index (κ1) is 10.5. The predicted molar refractivity (Wildman–Crippen MR) is 48.4 cm³/mol. The van der Waals surface area contributed by atoms with Gasteiger partial charge >= 0.3 is 6.09 Å². The molecule has 0 aromatic heterocycles. The standard InChI is InChI=1S/C8H12FN3O2/c1-8(2)4-14-7(13)12(8)6(11)3-5(9)10/h3,11H,4,10H2,1-2H3/b5-3-,11-6?. The SMILES string of the molecule is CC1(C)COC(=O)N1C(=N)/C=C(\N)F. The van der Waals surface area contributed by atoms with Crippen LogP contribution in [0.4, 0.5) is 9.18 Å². The van der Waals surface area contributed by atoms with E-state index in [0.717, 1.165) is 11.0 Å². The number of ether oxygens (including phenoxy) is 1. The molecular formula is C8H12FN3O2. The molecule has 1 saturated heterocycles.